The molecular formula is C31H35FNOSi+. The van der Waals surface area contributed by atoms with Crippen molar-refractivity contribution in [2.45, 2.75) is 53.7 Å². The van der Waals surface area contributed by atoms with Gasteiger partial charge in [-0.05, 0) is 66.2 Å². The molecule has 4 heteroatoms. The topological polar surface area (TPSA) is 17.0 Å². The van der Waals surface area contributed by atoms with Gasteiger partial charge in [0.15, 0.2) is 0 Å². The van der Waals surface area contributed by atoms with Crippen molar-refractivity contribution in [2.75, 3.05) is 0 Å². The van der Waals surface area contributed by atoms with Gasteiger partial charge < -0.3 is 4.42 Å². The van der Waals surface area contributed by atoms with Crippen molar-refractivity contribution in [1.29, 1.82) is 0 Å². The Kier molecular flexibility index (Phi) is 4.80. The van der Waals surface area contributed by atoms with E-state index in [0.29, 0.717) is 22.6 Å². The van der Waals surface area contributed by atoms with Gasteiger partial charge in [0, 0.05) is 27.0 Å². The molecule has 5 aromatic rings. The molecule has 2 heterocycles. The SMILES string of the molecule is [2H]C([2H])([2H])c1cc2c(oc3ccccc32)c(-c2cc(CC(C)C)c3cc(F)c([Si](C)(C)C)cc3[n+]2C)c1C. The molecule has 0 aliphatic carbocycles. The summed E-state index contributed by atoms with van der Waals surface area (Å²) in [5.41, 5.74) is 6.03. The minimum Gasteiger partial charge on any atom is -0.455 e. The third-order valence-electron chi connectivity index (χ3n) is 7.09. The first-order chi connectivity index (χ1) is 17.7. The number of nitrogens with zero attached hydrogens (tertiary/aromatic N) is 1. The fourth-order valence-corrected chi connectivity index (χ4v) is 6.61. The van der Waals surface area contributed by atoms with Crippen LogP contribution in [0.5, 0.6) is 0 Å². The lowest BCUT2D eigenvalue weighted by Crippen LogP contribution is -2.42. The van der Waals surface area contributed by atoms with Crippen molar-refractivity contribution in [1.82, 2.24) is 0 Å². The molecule has 0 atom stereocenters. The van der Waals surface area contributed by atoms with Crippen LogP contribution < -0.4 is 9.75 Å². The molecule has 0 aliphatic heterocycles. The molecule has 0 amide bonds. The Morgan fingerprint density at radius 3 is 2.46 bits per heavy atom. The van der Waals surface area contributed by atoms with Crippen LogP contribution in [-0.2, 0) is 13.5 Å². The molecule has 0 unspecified atom stereocenters. The van der Waals surface area contributed by atoms with E-state index in [1.807, 2.05) is 44.3 Å². The third-order valence-corrected chi connectivity index (χ3v) is 9.09. The van der Waals surface area contributed by atoms with Crippen LogP contribution in [0.3, 0.4) is 0 Å². The highest BCUT2D eigenvalue weighted by molar-refractivity contribution is 6.88. The second-order valence-corrected chi connectivity index (χ2v) is 16.2. The van der Waals surface area contributed by atoms with E-state index in [2.05, 4.69) is 44.1 Å². The zero-order chi connectivity index (χ0) is 27.7. The van der Waals surface area contributed by atoms with Crippen LogP contribution in [-0.4, -0.2) is 8.07 Å². The molecular weight excluding hydrogens is 449 g/mol. The second kappa shape index (κ2) is 8.30. The van der Waals surface area contributed by atoms with Gasteiger partial charge >= 0.3 is 0 Å². The standard InChI is InChI=1S/C31H35FNOSi/c1-18(2)13-21-15-27(33(5)26-17-29(35(6,7)8)25(32)16-23(21)26)30-20(4)19(3)14-24-22-11-9-10-12-28(22)34-31(24)30/h9-12,14-18H,13H2,1-8H3/q+1/i3D3. The summed E-state index contributed by atoms with van der Waals surface area (Å²) in [6, 6.07) is 15.3. The maximum Gasteiger partial charge on any atom is 0.217 e. The minimum atomic E-state index is -2.28. The highest BCUT2D eigenvalue weighted by Gasteiger charge is 2.29. The van der Waals surface area contributed by atoms with Crippen molar-refractivity contribution in [3.63, 3.8) is 0 Å². The first-order valence-corrected chi connectivity index (χ1v) is 15.8. The van der Waals surface area contributed by atoms with Gasteiger partial charge in [-0.3, -0.25) is 0 Å². The first-order valence-electron chi connectivity index (χ1n) is 13.8. The lowest BCUT2D eigenvalue weighted by atomic mass is 9.92. The van der Waals surface area contributed by atoms with Gasteiger partial charge in [0.1, 0.15) is 24.0 Å². The summed E-state index contributed by atoms with van der Waals surface area (Å²) < 4.78 is 48.8. The van der Waals surface area contributed by atoms with Crippen LogP contribution in [0.1, 0.15) is 34.7 Å². The Labute approximate surface area is 212 Å². The molecule has 0 bridgehead atoms. The van der Waals surface area contributed by atoms with Gasteiger partial charge in [0.2, 0.25) is 11.2 Å². The summed E-state index contributed by atoms with van der Waals surface area (Å²) in [6.45, 7) is 10.4. The van der Waals surface area contributed by atoms with Crippen molar-refractivity contribution in [2.24, 2.45) is 13.0 Å². The average Bonchev–Trinajstić information content (AvgIpc) is 3.17. The van der Waals surface area contributed by atoms with E-state index >= 15 is 4.39 Å². The minimum absolute atomic E-state index is 0.144. The lowest BCUT2D eigenvalue weighted by molar-refractivity contribution is -0.633. The quantitative estimate of drug-likeness (QED) is 0.187. The molecule has 0 N–H and O–H groups in total. The fourth-order valence-electron chi connectivity index (χ4n) is 5.25. The highest BCUT2D eigenvalue weighted by atomic mass is 28.3. The van der Waals surface area contributed by atoms with Gasteiger partial charge in [0.25, 0.3) is 0 Å². The fraction of sp³-hybridized carbons (Fsp3) is 0.323. The number of halogens is 1. The Bertz CT molecular complexity index is 1730. The average molecular weight is 488 g/mol. The van der Waals surface area contributed by atoms with Gasteiger partial charge in [-0.25, -0.2) is 4.39 Å². The Morgan fingerprint density at radius 1 is 1.03 bits per heavy atom. The summed E-state index contributed by atoms with van der Waals surface area (Å²) in [7, 11) is 0.0288. The largest absolute Gasteiger partial charge is 0.455 e. The van der Waals surface area contributed by atoms with Crippen LogP contribution in [0.25, 0.3) is 44.1 Å². The predicted molar refractivity (Wildman–Crippen MR) is 149 cm³/mol. The molecule has 2 aromatic heterocycles. The number of hydrogen-bond donors (Lipinski definition) is 0. The summed E-state index contributed by atoms with van der Waals surface area (Å²) >= 11 is 0. The Hall–Kier alpha value is -2.98. The molecule has 0 fully saturated rings. The van der Waals surface area contributed by atoms with E-state index in [0.717, 1.165) is 55.7 Å². The van der Waals surface area contributed by atoms with Crippen LogP contribution in [0, 0.1) is 25.5 Å². The van der Waals surface area contributed by atoms with E-state index in [-0.39, 0.29) is 5.82 Å². The second-order valence-electron chi connectivity index (χ2n) is 11.2. The number of aromatic nitrogens is 1. The number of benzene rings is 3. The number of pyridine rings is 1. The zero-order valence-corrected chi connectivity index (χ0v) is 22.6. The smallest absolute Gasteiger partial charge is 0.217 e. The molecule has 0 saturated heterocycles. The lowest BCUT2D eigenvalue weighted by Gasteiger charge is -2.19. The molecule has 3 aromatic carbocycles. The highest BCUT2D eigenvalue weighted by Crippen LogP contribution is 2.39. The van der Waals surface area contributed by atoms with Crippen LogP contribution in [0.4, 0.5) is 4.39 Å². The molecule has 0 aliphatic rings. The molecule has 0 saturated carbocycles. The van der Waals surface area contributed by atoms with Gasteiger partial charge in [-0.1, -0.05) is 51.7 Å². The van der Waals surface area contributed by atoms with Gasteiger partial charge in [0.05, 0.1) is 19.0 Å². The van der Waals surface area contributed by atoms with Crippen molar-refractivity contribution < 1.29 is 17.5 Å². The van der Waals surface area contributed by atoms with E-state index < -0.39 is 14.9 Å². The number of hydrogen-bond acceptors (Lipinski definition) is 1. The van der Waals surface area contributed by atoms with Crippen LogP contribution in [0.15, 0.2) is 52.9 Å². The van der Waals surface area contributed by atoms with E-state index in [4.69, 9.17) is 8.53 Å². The number of furan rings is 1. The molecule has 2 nitrogen and oxygen atoms in total. The third kappa shape index (κ3) is 3.88. The van der Waals surface area contributed by atoms with E-state index in [1.54, 1.807) is 12.1 Å². The van der Waals surface area contributed by atoms with Crippen molar-refractivity contribution in [3.05, 3.63) is 71.0 Å². The number of rotatable bonds is 4. The van der Waals surface area contributed by atoms with E-state index in [1.165, 1.54) is 0 Å². The number of para-hydroxylation sites is 1. The molecule has 35 heavy (non-hydrogen) atoms. The summed E-state index contributed by atoms with van der Waals surface area (Å²) in [5.74, 6) is 0.217. The first kappa shape index (κ1) is 20.2. The van der Waals surface area contributed by atoms with Crippen LogP contribution >= 0.6 is 0 Å². The Morgan fingerprint density at radius 2 is 1.77 bits per heavy atom. The summed E-state index contributed by atoms with van der Waals surface area (Å²) in [4.78, 5) is 0. The zero-order valence-electron chi connectivity index (χ0n) is 24.6. The monoisotopic (exact) mass is 487 g/mol. The summed E-state index contributed by atoms with van der Waals surface area (Å²) in [6.07, 6.45) is 0.775. The maximum absolute atomic E-state index is 15.4. The normalized spacial score (nSPS) is 14.1. The van der Waals surface area contributed by atoms with E-state index in [9.17, 15) is 0 Å². The van der Waals surface area contributed by atoms with Gasteiger partial charge in [-0.2, -0.15) is 4.57 Å². The Balaban J connectivity index is 1.97. The molecule has 0 spiro atoms. The number of fused-ring (bicyclic) bond motifs is 4. The van der Waals surface area contributed by atoms with Gasteiger partial charge in [-0.15, -0.1) is 0 Å². The maximum atomic E-state index is 15.4. The van der Waals surface area contributed by atoms with Crippen molar-refractivity contribution in [3.8, 4) is 11.3 Å². The predicted octanol–water partition coefficient (Wildman–Crippen LogP) is 7.73. The van der Waals surface area contributed by atoms with Crippen molar-refractivity contribution >= 4 is 46.1 Å². The molecule has 180 valence electrons. The molecule has 5 rings (SSSR count). The summed E-state index contributed by atoms with van der Waals surface area (Å²) in [5, 5.41) is 3.37. The molecule has 0 radical (unpaired) electrons. The van der Waals surface area contributed by atoms with Crippen LogP contribution in [0.2, 0.25) is 19.6 Å². The number of aryl methyl sites for hydroxylation is 2.